The van der Waals surface area contributed by atoms with Gasteiger partial charge in [0.2, 0.25) is 11.7 Å². The summed E-state index contributed by atoms with van der Waals surface area (Å²) in [5, 5.41) is 7.41. The summed E-state index contributed by atoms with van der Waals surface area (Å²) in [5.74, 6) is 0.237. The van der Waals surface area contributed by atoms with Crippen molar-refractivity contribution in [1.82, 2.24) is 16.0 Å². The number of terminal acetylenes is 1. The summed E-state index contributed by atoms with van der Waals surface area (Å²) in [4.78, 5) is 48.3. The van der Waals surface area contributed by atoms with Crippen LogP contribution in [0.4, 0.5) is 4.79 Å². The highest BCUT2D eigenvalue weighted by atomic mass is 16.5. The minimum Gasteiger partial charge on any atom is -0.445 e. The number of rotatable bonds is 6. The molecular formula is C20H23N3O5. The van der Waals surface area contributed by atoms with Crippen molar-refractivity contribution in [2.45, 2.75) is 44.4 Å². The number of ketones is 1. The van der Waals surface area contributed by atoms with Crippen molar-refractivity contribution in [3.63, 3.8) is 0 Å². The Kier molecular flexibility index (Phi) is 8.03. The normalized spacial score (nSPS) is 17.9. The molecule has 1 fully saturated rings. The maximum atomic E-state index is 12.5. The SMILES string of the molecule is C#CCC(NC(=O)OCc1ccccc1)C(=O)NC1CCCCNC(=O)C1=O. The first kappa shape index (κ1) is 21.0. The van der Waals surface area contributed by atoms with Crippen molar-refractivity contribution in [2.24, 2.45) is 0 Å². The van der Waals surface area contributed by atoms with Gasteiger partial charge in [-0.15, -0.1) is 12.3 Å². The van der Waals surface area contributed by atoms with Crippen LogP contribution in [0.25, 0.3) is 0 Å². The second-order valence-corrected chi connectivity index (χ2v) is 6.34. The summed E-state index contributed by atoms with van der Waals surface area (Å²) in [6.07, 6.45) is 6.12. The highest BCUT2D eigenvalue weighted by Crippen LogP contribution is 2.07. The molecule has 0 spiro atoms. The van der Waals surface area contributed by atoms with Gasteiger partial charge < -0.3 is 20.7 Å². The number of alkyl carbamates (subject to hydrolysis) is 1. The van der Waals surface area contributed by atoms with E-state index >= 15 is 0 Å². The molecule has 3 amide bonds. The van der Waals surface area contributed by atoms with Crippen molar-refractivity contribution >= 4 is 23.7 Å². The van der Waals surface area contributed by atoms with Crippen LogP contribution in [0.5, 0.6) is 0 Å². The Labute approximate surface area is 163 Å². The average Bonchev–Trinajstić information content (AvgIpc) is 2.69. The molecule has 1 aliphatic rings. The molecule has 3 N–H and O–H groups in total. The second-order valence-electron chi connectivity index (χ2n) is 6.34. The van der Waals surface area contributed by atoms with E-state index in [-0.39, 0.29) is 13.0 Å². The average molecular weight is 385 g/mol. The van der Waals surface area contributed by atoms with Gasteiger partial charge in [0.1, 0.15) is 12.6 Å². The van der Waals surface area contributed by atoms with Crippen LogP contribution in [-0.4, -0.2) is 42.3 Å². The largest absolute Gasteiger partial charge is 0.445 e. The Morgan fingerprint density at radius 3 is 2.71 bits per heavy atom. The summed E-state index contributed by atoms with van der Waals surface area (Å²) in [6, 6.07) is 7.04. The lowest BCUT2D eigenvalue weighted by Crippen LogP contribution is -2.54. The number of amides is 3. The number of ether oxygens (including phenoxy) is 1. The fourth-order valence-electron chi connectivity index (χ4n) is 2.70. The zero-order valence-corrected chi connectivity index (χ0v) is 15.4. The van der Waals surface area contributed by atoms with Gasteiger partial charge in [-0.3, -0.25) is 14.4 Å². The van der Waals surface area contributed by atoms with Crippen LogP contribution in [0.1, 0.15) is 31.2 Å². The molecule has 8 nitrogen and oxygen atoms in total. The molecule has 2 rings (SSSR count). The molecule has 8 heteroatoms. The molecule has 1 aromatic carbocycles. The topological polar surface area (TPSA) is 114 Å². The third-order valence-corrected chi connectivity index (χ3v) is 4.21. The lowest BCUT2D eigenvalue weighted by atomic mass is 10.0. The maximum absolute atomic E-state index is 12.5. The van der Waals surface area contributed by atoms with Crippen LogP contribution >= 0.6 is 0 Å². The van der Waals surface area contributed by atoms with Crippen LogP contribution < -0.4 is 16.0 Å². The first-order chi connectivity index (χ1) is 13.5. The van der Waals surface area contributed by atoms with E-state index in [1.54, 1.807) is 12.1 Å². The monoisotopic (exact) mass is 385 g/mol. The van der Waals surface area contributed by atoms with Gasteiger partial charge in [-0.25, -0.2) is 4.79 Å². The van der Waals surface area contributed by atoms with Crippen molar-refractivity contribution in [3.05, 3.63) is 35.9 Å². The molecule has 0 bridgehead atoms. The van der Waals surface area contributed by atoms with Crippen LogP contribution in [0.2, 0.25) is 0 Å². The Bertz CT molecular complexity index is 757. The minimum absolute atomic E-state index is 0.0400. The van der Waals surface area contributed by atoms with Gasteiger partial charge in [-0.2, -0.15) is 0 Å². The number of benzene rings is 1. The predicted molar refractivity (Wildman–Crippen MR) is 101 cm³/mol. The van der Waals surface area contributed by atoms with E-state index in [0.29, 0.717) is 25.8 Å². The molecule has 0 aliphatic carbocycles. The van der Waals surface area contributed by atoms with Crippen LogP contribution in [0.15, 0.2) is 30.3 Å². The molecule has 28 heavy (non-hydrogen) atoms. The molecular weight excluding hydrogens is 362 g/mol. The number of hydrogen-bond acceptors (Lipinski definition) is 5. The number of nitrogens with one attached hydrogen (secondary N) is 3. The number of carbonyl (C=O) groups excluding carboxylic acids is 4. The summed E-state index contributed by atoms with van der Waals surface area (Å²) < 4.78 is 5.09. The smallest absolute Gasteiger partial charge is 0.408 e. The van der Waals surface area contributed by atoms with Crippen molar-refractivity contribution in [1.29, 1.82) is 0 Å². The molecule has 1 saturated heterocycles. The second kappa shape index (κ2) is 10.7. The van der Waals surface area contributed by atoms with Gasteiger partial charge >= 0.3 is 6.09 Å². The molecule has 148 valence electrons. The van der Waals surface area contributed by atoms with Gasteiger partial charge in [0.15, 0.2) is 0 Å². The lowest BCUT2D eigenvalue weighted by Gasteiger charge is -2.23. The number of carbonyl (C=O) groups is 4. The van der Waals surface area contributed by atoms with E-state index in [1.807, 2.05) is 18.2 Å². The van der Waals surface area contributed by atoms with E-state index in [0.717, 1.165) is 5.56 Å². The van der Waals surface area contributed by atoms with Crippen molar-refractivity contribution < 1.29 is 23.9 Å². The molecule has 1 heterocycles. The van der Waals surface area contributed by atoms with E-state index in [1.165, 1.54) is 0 Å². The van der Waals surface area contributed by atoms with Gasteiger partial charge in [0.25, 0.3) is 5.91 Å². The summed E-state index contributed by atoms with van der Waals surface area (Å²) in [6.45, 7) is 0.470. The maximum Gasteiger partial charge on any atom is 0.408 e. The van der Waals surface area contributed by atoms with E-state index in [9.17, 15) is 19.2 Å². The highest BCUT2D eigenvalue weighted by molar-refractivity contribution is 6.38. The molecule has 1 aromatic rings. The predicted octanol–water partition coefficient (Wildman–Crippen LogP) is 0.659. The van der Waals surface area contributed by atoms with Crippen LogP contribution in [0, 0.1) is 12.3 Å². The minimum atomic E-state index is -1.07. The third kappa shape index (κ3) is 6.43. The van der Waals surface area contributed by atoms with Gasteiger partial charge in [0.05, 0.1) is 6.04 Å². The van der Waals surface area contributed by atoms with Crippen LogP contribution in [-0.2, 0) is 25.7 Å². The Hall–Kier alpha value is -3.34. The van der Waals surface area contributed by atoms with E-state index < -0.39 is 35.8 Å². The Morgan fingerprint density at radius 2 is 2.00 bits per heavy atom. The van der Waals surface area contributed by atoms with E-state index in [2.05, 4.69) is 21.9 Å². The first-order valence-corrected chi connectivity index (χ1v) is 9.04. The van der Waals surface area contributed by atoms with Gasteiger partial charge in [0, 0.05) is 13.0 Å². The fourth-order valence-corrected chi connectivity index (χ4v) is 2.70. The van der Waals surface area contributed by atoms with Crippen LogP contribution in [0.3, 0.4) is 0 Å². The molecule has 0 saturated carbocycles. The van der Waals surface area contributed by atoms with Gasteiger partial charge in [-0.05, 0) is 24.8 Å². The van der Waals surface area contributed by atoms with Crippen molar-refractivity contribution in [2.75, 3.05) is 6.54 Å². The number of hydrogen-bond donors (Lipinski definition) is 3. The summed E-state index contributed by atoms with van der Waals surface area (Å²) in [5.41, 5.74) is 0.793. The van der Waals surface area contributed by atoms with Crippen molar-refractivity contribution in [3.8, 4) is 12.3 Å². The fraction of sp³-hybridized carbons (Fsp3) is 0.400. The number of Topliss-reactive ketones (excluding diaryl/α,β-unsaturated/α-hetero) is 1. The molecule has 1 aliphatic heterocycles. The summed E-state index contributed by atoms with van der Waals surface area (Å²) in [7, 11) is 0. The molecule has 2 atom stereocenters. The standard InChI is InChI=1S/C20H23N3O5/c1-2-8-16(23-20(27)28-13-14-9-4-3-5-10-14)18(25)22-15-11-6-7-12-21-19(26)17(15)24/h1,3-5,9-10,15-16H,6-8,11-13H2,(H,21,26)(H,22,25)(H,23,27). The Morgan fingerprint density at radius 1 is 1.25 bits per heavy atom. The first-order valence-electron chi connectivity index (χ1n) is 9.04. The lowest BCUT2D eigenvalue weighted by molar-refractivity contribution is -0.140. The zero-order valence-electron chi connectivity index (χ0n) is 15.4. The third-order valence-electron chi connectivity index (χ3n) is 4.21. The summed E-state index contributed by atoms with van der Waals surface area (Å²) >= 11 is 0. The Balaban J connectivity index is 1.92. The van der Waals surface area contributed by atoms with E-state index in [4.69, 9.17) is 11.2 Å². The molecule has 2 unspecified atom stereocenters. The van der Waals surface area contributed by atoms with Gasteiger partial charge in [-0.1, -0.05) is 30.3 Å². The molecule has 0 radical (unpaired) electrons. The highest BCUT2D eigenvalue weighted by Gasteiger charge is 2.30. The molecule has 0 aromatic heterocycles. The quantitative estimate of drug-likeness (QED) is 0.492. The zero-order chi connectivity index (χ0) is 20.4.